The van der Waals surface area contributed by atoms with E-state index in [2.05, 4.69) is 5.32 Å². The molecule has 2 aliphatic rings. The first-order chi connectivity index (χ1) is 9.24. The van der Waals surface area contributed by atoms with Crippen molar-refractivity contribution in [2.45, 2.75) is 44.4 Å². The molecule has 0 spiro atoms. The molecule has 104 valence electrons. The van der Waals surface area contributed by atoms with Crippen molar-refractivity contribution in [3.8, 4) is 11.5 Å². The van der Waals surface area contributed by atoms with Crippen molar-refractivity contribution in [1.82, 2.24) is 5.32 Å². The summed E-state index contributed by atoms with van der Waals surface area (Å²) in [5.74, 6) is 1.52. The molecule has 1 fully saturated rings. The number of hydrogen-bond donors (Lipinski definition) is 2. The second kappa shape index (κ2) is 5.39. The zero-order valence-electron chi connectivity index (χ0n) is 11.3. The fourth-order valence-electron chi connectivity index (χ4n) is 2.37. The molecule has 2 unspecified atom stereocenters. The molecular formula is C15H21NO3. The molecule has 2 N–H and O–H groups in total. The number of aliphatic hydroxyl groups excluding tert-OH is 1. The van der Waals surface area contributed by atoms with Crippen LogP contribution in [0.1, 0.15) is 37.9 Å². The molecule has 0 amide bonds. The molecule has 4 heteroatoms. The highest BCUT2D eigenvalue weighted by Gasteiger charge is 2.27. The van der Waals surface area contributed by atoms with E-state index in [-0.39, 0.29) is 6.04 Å². The largest absolute Gasteiger partial charge is 0.490 e. The highest BCUT2D eigenvalue weighted by molar-refractivity contribution is 5.44. The van der Waals surface area contributed by atoms with E-state index in [4.69, 9.17) is 9.47 Å². The summed E-state index contributed by atoms with van der Waals surface area (Å²) >= 11 is 0. The van der Waals surface area contributed by atoms with Crippen molar-refractivity contribution in [1.29, 1.82) is 0 Å². The second-order valence-corrected chi connectivity index (χ2v) is 5.43. The van der Waals surface area contributed by atoms with E-state index in [1.165, 1.54) is 12.8 Å². The fraction of sp³-hybridized carbons (Fsp3) is 0.600. The molecular weight excluding hydrogens is 242 g/mol. The summed E-state index contributed by atoms with van der Waals surface area (Å²) in [5, 5.41) is 13.8. The van der Waals surface area contributed by atoms with Crippen LogP contribution in [0.25, 0.3) is 0 Å². The molecule has 1 aliphatic heterocycles. The van der Waals surface area contributed by atoms with Gasteiger partial charge in [-0.25, -0.2) is 0 Å². The Morgan fingerprint density at radius 3 is 2.68 bits per heavy atom. The number of ether oxygens (including phenoxy) is 2. The van der Waals surface area contributed by atoms with E-state index in [1.807, 2.05) is 25.1 Å². The summed E-state index contributed by atoms with van der Waals surface area (Å²) in [6.07, 6.45) is 2.82. The predicted molar refractivity (Wildman–Crippen MR) is 72.6 cm³/mol. The van der Waals surface area contributed by atoms with E-state index >= 15 is 0 Å². The van der Waals surface area contributed by atoms with Gasteiger partial charge in [0, 0.05) is 18.5 Å². The highest BCUT2D eigenvalue weighted by Crippen LogP contribution is 2.33. The molecule has 0 saturated heterocycles. The van der Waals surface area contributed by atoms with Crippen molar-refractivity contribution < 1.29 is 14.6 Å². The summed E-state index contributed by atoms with van der Waals surface area (Å²) < 4.78 is 11.3. The van der Waals surface area contributed by atoms with Crippen LogP contribution in [0.2, 0.25) is 0 Å². The zero-order chi connectivity index (χ0) is 13.2. The van der Waals surface area contributed by atoms with Crippen molar-refractivity contribution in [2.75, 3.05) is 13.2 Å². The van der Waals surface area contributed by atoms with Gasteiger partial charge >= 0.3 is 0 Å². The molecule has 1 aliphatic carbocycles. The third kappa shape index (κ3) is 3.01. The minimum atomic E-state index is -0.516. The average Bonchev–Trinajstić information content (AvgIpc) is 3.23. The van der Waals surface area contributed by atoms with Crippen LogP contribution < -0.4 is 14.8 Å². The molecule has 0 radical (unpaired) electrons. The zero-order valence-corrected chi connectivity index (χ0v) is 11.3. The number of rotatable bonds is 4. The van der Waals surface area contributed by atoms with Gasteiger partial charge in [-0.1, -0.05) is 6.07 Å². The van der Waals surface area contributed by atoms with Crippen LogP contribution in [0.4, 0.5) is 0 Å². The maximum Gasteiger partial charge on any atom is 0.161 e. The molecule has 2 atom stereocenters. The number of benzene rings is 1. The third-order valence-corrected chi connectivity index (χ3v) is 3.66. The molecule has 0 aromatic heterocycles. The van der Waals surface area contributed by atoms with Gasteiger partial charge in [0.25, 0.3) is 0 Å². The Morgan fingerprint density at radius 2 is 1.95 bits per heavy atom. The Balaban J connectivity index is 1.74. The number of fused-ring (bicyclic) bond motifs is 1. The van der Waals surface area contributed by atoms with Crippen LogP contribution in [0.3, 0.4) is 0 Å². The maximum atomic E-state index is 10.4. The lowest BCUT2D eigenvalue weighted by atomic mass is 10.0. The quantitative estimate of drug-likeness (QED) is 0.872. The molecule has 1 saturated carbocycles. The highest BCUT2D eigenvalue weighted by atomic mass is 16.5. The van der Waals surface area contributed by atoms with E-state index in [0.29, 0.717) is 19.3 Å². The normalized spacial score (nSPS) is 21.6. The smallest absolute Gasteiger partial charge is 0.161 e. The minimum Gasteiger partial charge on any atom is -0.490 e. The first kappa shape index (κ1) is 12.8. The molecule has 0 bridgehead atoms. The summed E-state index contributed by atoms with van der Waals surface area (Å²) in [6, 6.07) is 6.35. The standard InChI is InChI=1S/C15H21NO3/c1-10(16-12-4-5-12)15(17)11-3-6-13-14(9-11)19-8-2-7-18-13/h3,6,9-10,12,15-17H,2,4-5,7-8H2,1H3. The average molecular weight is 263 g/mol. The first-order valence-electron chi connectivity index (χ1n) is 7.08. The van der Waals surface area contributed by atoms with Crippen LogP contribution in [-0.2, 0) is 0 Å². The van der Waals surface area contributed by atoms with E-state index < -0.39 is 6.10 Å². The third-order valence-electron chi connectivity index (χ3n) is 3.66. The lowest BCUT2D eigenvalue weighted by Gasteiger charge is -2.21. The van der Waals surface area contributed by atoms with Gasteiger partial charge in [-0.05, 0) is 37.5 Å². The number of nitrogens with one attached hydrogen (secondary N) is 1. The van der Waals surface area contributed by atoms with Crippen LogP contribution >= 0.6 is 0 Å². The summed E-state index contributed by atoms with van der Waals surface area (Å²) in [6.45, 7) is 3.38. The molecule has 19 heavy (non-hydrogen) atoms. The lowest BCUT2D eigenvalue weighted by molar-refractivity contribution is 0.135. The van der Waals surface area contributed by atoms with Crippen molar-refractivity contribution >= 4 is 0 Å². The lowest BCUT2D eigenvalue weighted by Crippen LogP contribution is -2.33. The van der Waals surface area contributed by atoms with E-state index in [9.17, 15) is 5.11 Å². The van der Waals surface area contributed by atoms with Gasteiger partial charge in [0.1, 0.15) is 0 Å². The number of aliphatic hydroxyl groups is 1. The molecule has 1 heterocycles. The van der Waals surface area contributed by atoms with Gasteiger partial charge in [0.05, 0.1) is 19.3 Å². The molecule has 1 aromatic carbocycles. The Kier molecular flexibility index (Phi) is 3.62. The summed E-state index contributed by atoms with van der Waals surface area (Å²) in [4.78, 5) is 0. The van der Waals surface area contributed by atoms with Crippen LogP contribution in [0.5, 0.6) is 11.5 Å². The van der Waals surface area contributed by atoms with Gasteiger partial charge in [0.15, 0.2) is 11.5 Å². The van der Waals surface area contributed by atoms with Crippen molar-refractivity contribution in [3.63, 3.8) is 0 Å². The fourth-order valence-corrected chi connectivity index (χ4v) is 2.37. The first-order valence-corrected chi connectivity index (χ1v) is 7.08. The van der Waals surface area contributed by atoms with Gasteiger partial charge in [-0.3, -0.25) is 0 Å². The monoisotopic (exact) mass is 263 g/mol. The summed E-state index contributed by atoms with van der Waals surface area (Å²) in [7, 11) is 0. The Morgan fingerprint density at radius 1 is 1.21 bits per heavy atom. The SMILES string of the molecule is CC(NC1CC1)C(O)c1ccc2c(c1)OCCCO2. The maximum absolute atomic E-state index is 10.4. The van der Waals surface area contributed by atoms with E-state index in [0.717, 1.165) is 23.5 Å². The van der Waals surface area contributed by atoms with Gasteiger partial charge in [-0.2, -0.15) is 0 Å². The number of hydrogen-bond acceptors (Lipinski definition) is 4. The van der Waals surface area contributed by atoms with Crippen molar-refractivity contribution in [3.05, 3.63) is 23.8 Å². The van der Waals surface area contributed by atoms with Gasteiger partial charge < -0.3 is 19.9 Å². The van der Waals surface area contributed by atoms with Crippen LogP contribution in [0.15, 0.2) is 18.2 Å². The Labute approximate surface area is 113 Å². The van der Waals surface area contributed by atoms with Gasteiger partial charge in [0.2, 0.25) is 0 Å². The van der Waals surface area contributed by atoms with Gasteiger partial charge in [-0.15, -0.1) is 0 Å². The Hall–Kier alpha value is -1.26. The van der Waals surface area contributed by atoms with Crippen LogP contribution in [-0.4, -0.2) is 30.4 Å². The predicted octanol–water partition coefficient (Wildman–Crippen LogP) is 2.02. The second-order valence-electron chi connectivity index (χ2n) is 5.43. The molecule has 1 aromatic rings. The Bertz CT molecular complexity index is 445. The van der Waals surface area contributed by atoms with Crippen molar-refractivity contribution in [2.24, 2.45) is 0 Å². The molecule has 4 nitrogen and oxygen atoms in total. The van der Waals surface area contributed by atoms with Crippen LogP contribution in [0, 0.1) is 0 Å². The summed E-state index contributed by atoms with van der Waals surface area (Å²) in [5.41, 5.74) is 0.880. The molecule has 3 rings (SSSR count). The topological polar surface area (TPSA) is 50.7 Å². The van der Waals surface area contributed by atoms with E-state index in [1.54, 1.807) is 0 Å². The minimum absolute atomic E-state index is 0.0530.